The second-order valence-electron chi connectivity index (χ2n) is 7.12. The molecular formula is C21H21N5O2. The number of para-hydroxylation sites is 1. The van der Waals surface area contributed by atoms with Gasteiger partial charge in [0.2, 0.25) is 5.95 Å². The van der Waals surface area contributed by atoms with Crippen LogP contribution in [0.3, 0.4) is 0 Å². The normalized spacial score (nSPS) is 18.3. The highest BCUT2D eigenvalue weighted by molar-refractivity contribution is 5.95. The molecule has 0 bridgehead atoms. The average Bonchev–Trinajstić information content (AvgIpc) is 3.21. The van der Waals surface area contributed by atoms with E-state index in [0.717, 1.165) is 35.3 Å². The molecule has 3 aromatic rings. The molecule has 28 heavy (non-hydrogen) atoms. The first-order chi connectivity index (χ1) is 13.8. The molecule has 2 N–H and O–H groups in total. The highest BCUT2D eigenvalue weighted by Crippen LogP contribution is 2.29. The number of likely N-dealkylation sites (tertiary alicyclic amines) is 1. The Hall–Kier alpha value is -3.35. The van der Waals surface area contributed by atoms with Crippen molar-refractivity contribution in [2.45, 2.75) is 12.5 Å². The van der Waals surface area contributed by atoms with Crippen LogP contribution < -0.4 is 15.4 Å². The monoisotopic (exact) mass is 375 g/mol. The molecule has 2 aliphatic rings. The van der Waals surface area contributed by atoms with E-state index in [1.807, 2.05) is 53.6 Å². The minimum absolute atomic E-state index is 0.0284. The van der Waals surface area contributed by atoms with Crippen molar-refractivity contribution < 1.29 is 9.53 Å². The van der Waals surface area contributed by atoms with Gasteiger partial charge < -0.3 is 20.3 Å². The third-order valence-corrected chi connectivity index (χ3v) is 5.20. The standard InChI is InChI=1S/C21H21N5O2/c27-20(14-5-6-18-19(11-14)28-10-8-22-18)26-9-7-16(13-26)24-21-23-12-15-3-1-2-4-17(15)25-21/h1-6,11-12,16,22H,7-10,13H2,(H,23,24,25)/t16-/m1/s1. The van der Waals surface area contributed by atoms with E-state index in [9.17, 15) is 4.79 Å². The summed E-state index contributed by atoms with van der Waals surface area (Å²) in [5.74, 6) is 1.38. The molecule has 2 aromatic carbocycles. The fourth-order valence-electron chi connectivity index (χ4n) is 3.74. The number of nitrogens with one attached hydrogen (secondary N) is 2. The lowest BCUT2D eigenvalue weighted by atomic mass is 10.1. The van der Waals surface area contributed by atoms with Crippen molar-refractivity contribution in [2.75, 3.05) is 36.9 Å². The molecule has 0 saturated carbocycles. The third-order valence-electron chi connectivity index (χ3n) is 5.20. The number of nitrogens with zero attached hydrogens (tertiary/aromatic N) is 3. The first-order valence-electron chi connectivity index (χ1n) is 9.54. The third kappa shape index (κ3) is 3.19. The summed E-state index contributed by atoms with van der Waals surface area (Å²) in [6.07, 6.45) is 2.69. The van der Waals surface area contributed by atoms with E-state index < -0.39 is 0 Å². The summed E-state index contributed by atoms with van der Waals surface area (Å²) in [6, 6.07) is 13.6. The van der Waals surface area contributed by atoms with Crippen molar-refractivity contribution in [3.05, 3.63) is 54.2 Å². The number of rotatable bonds is 3. The fraction of sp³-hybridized carbons (Fsp3) is 0.286. The Morgan fingerprint density at radius 2 is 2.18 bits per heavy atom. The van der Waals surface area contributed by atoms with Crippen molar-refractivity contribution in [3.63, 3.8) is 0 Å². The average molecular weight is 375 g/mol. The quantitative estimate of drug-likeness (QED) is 0.733. The van der Waals surface area contributed by atoms with Crippen LogP contribution in [0.1, 0.15) is 16.8 Å². The predicted octanol–water partition coefficient (Wildman–Crippen LogP) is 2.76. The number of hydrogen-bond acceptors (Lipinski definition) is 6. The highest BCUT2D eigenvalue weighted by Gasteiger charge is 2.28. The van der Waals surface area contributed by atoms with Gasteiger partial charge >= 0.3 is 0 Å². The maximum atomic E-state index is 12.9. The molecule has 1 atom stereocenters. The first-order valence-corrected chi connectivity index (χ1v) is 9.54. The number of carbonyl (C=O) groups excluding carboxylic acids is 1. The Morgan fingerprint density at radius 1 is 1.25 bits per heavy atom. The van der Waals surface area contributed by atoms with Gasteiger partial charge in [0.15, 0.2) is 0 Å². The molecule has 1 saturated heterocycles. The molecule has 3 heterocycles. The molecular weight excluding hydrogens is 354 g/mol. The van der Waals surface area contributed by atoms with Gasteiger partial charge in [-0.3, -0.25) is 4.79 Å². The summed E-state index contributed by atoms with van der Waals surface area (Å²) >= 11 is 0. The zero-order valence-corrected chi connectivity index (χ0v) is 15.4. The van der Waals surface area contributed by atoms with Crippen LogP contribution in [-0.4, -0.2) is 53.1 Å². The molecule has 1 aromatic heterocycles. The lowest BCUT2D eigenvalue weighted by molar-refractivity contribution is 0.0791. The van der Waals surface area contributed by atoms with Gasteiger partial charge in [-0.25, -0.2) is 9.97 Å². The maximum absolute atomic E-state index is 12.9. The Morgan fingerprint density at radius 3 is 3.14 bits per heavy atom. The van der Waals surface area contributed by atoms with Gasteiger partial charge in [0, 0.05) is 42.8 Å². The van der Waals surface area contributed by atoms with Gasteiger partial charge in [-0.1, -0.05) is 18.2 Å². The molecule has 7 nitrogen and oxygen atoms in total. The Bertz CT molecular complexity index is 1040. The van der Waals surface area contributed by atoms with Crippen molar-refractivity contribution in [3.8, 4) is 5.75 Å². The Kier molecular flexibility index (Phi) is 4.20. The minimum atomic E-state index is 0.0284. The summed E-state index contributed by atoms with van der Waals surface area (Å²) in [4.78, 5) is 23.7. The molecule has 2 aliphatic heterocycles. The van der Waals surface area contributed by atoms with Crippen molar-refractivity contribution in [1.29, 1.82) is 0 Å². The van der Waals surface area contributed by atoms with Crippen molar-refractivity contribution in [1.82, 2.24) is 14.9 Å². The molecule has 1 fully saturated rings. The lowest BCUT2D eigenvalue weighted by Gasteiger charge is -2.21. The SMILES string of the molecule is O=C(c1ccc2c(c1)OCCN2)N1CC[C@@H](Nc2ncc3ccccc3n2)C1. The first kappa shape index (κ1) is 16.8. The van der Waals surface area contributed by atoms with Gasteiger partial charge in [0.1, 0.15) is 12.4 Å². The van der Waals surface area contributed by atoms with Crippen LogP contribution in [0, 0.1) is 0 Å². The van der Waals surface area contributed by atoms with Crippen LogP contribution in [0.15, 0.2) is 48.7 Å². The van der Waals surface area contributed by atoms with Gasteiger partial charge in [0.25, 0.3) is 5.91 Å². The molecule has 5 rings (SSSR count). The van der Waals surface area contributed by atoms with Crippen LogP contribution in [0.25, 0.3) is 10.9 Å². The van der Waals surface area contributed by atoms with Crippen LogP contribution in [-0.2, 0) is 0 Å². The van der Waals surface area contributed by atoms with E-state index >= 15 is 0 Å². The van der Waals surface area contributed by atoms with Gasteiger partial charge in [-0.2, -0.15) is 0 Å². The van der Waals surface area contributed by atoms with Crippen LogP contribution >= 0.6 is 0 Å². The number of carbonyl (C=O) groups is 1. The molecule has 0 unspecified atom stereocenters. The Labute approximate surface area is 162 Å². The van der Waals surface area contributed by atoms with E-state index in [1.165, 1.54) is 0 Å². The number of amides is 1. The van der Waals surface area contributed by atoms with Crippen LogP contribution in [0.2, 0.25) is 0 Å². The van der Waals surface area contributed by atoms with Crippen LogP contribution in [0.5, 0.6) is 5.75 Å². The molecule has 7 heteroatoms. The van der Waals surface area contributed by atoms with Crippen molar-refractivity contribution in [2.24, 2.45) is 0 Å². The van der Waals surface area contributed by atoms with E-state index in [0.29, 0.717) is 31.2 Å². The van der Waals surface area contributed by atoms with Gasteiger partial charge in [-0.05, 0) is 30.7 Å². The number of anilines is 2. The topological polar surface area (TPSA) is 79.4 Å². The molecule has 0 aliphatic carbocycles. The summed E-state index contributed by atoms with van der Waals surface area (Å²) in [5.41, 5.74) is 2.51. The lowest BCUT2D eigenvalue weighted by Crippen LogP contribution is -2.32. The molecule has 0 radical (unpaired) electrons. The van der Waals surface area contributed by atoms with E-state index in [4.69, 9.17) is 4.74 Å². The molecule has 0 spiro atoms. The summed E-state index contributed by atoms with van der Waals surface area (Å²) < 4.78 is 5.65. The summed E-state index contributed by atoms with van der Waals surface area (Å²) in [7, 11) is 0. The van der Waals surface area contributed by atoms with Crippen LogP contribution in [0.4, 0.5) is 11.6 Å². The van der Waals surface area contributed by atoms with E-state index in [1.54, 1.807) is 0 Å². The largest absolute Gasteiger partial charge is 0.490 e. The second kappa shape index (κ2) is 6.99. The highest BCUT2D eigenvalue weighted by atomic mass is 16.5. The maximum Gasteiger partial charge on any atom is 0.254 e. The fourth-order valence-corrected chi connectivity index (χ4v) is 3.74. The van der Waals surface area contributed by atoms with E-state index in [2.05, 4.69) is 20.6 Å². The minimum Gasteiger partial charge on any atom is -0.490 e. The van der Waals surface area contributed by atoms with Crippen molar-refractivity contribution >= 4 is 28.4 Å². The summed E-state index contributed by atoms with van der Waals surface area (Å²) in [5, 5.41) is 7.65. The number of fused-ring (bicyclic) bond motifs is 2. The number of aromatic nitrogens is 2. The Balaban J connectivity index is 1.26. The number of hydrogen-bond donors (Lipinski definition) is 2. The number of ether oxygens (including phenoxy) is 1. The molecule has 142 valence electrons. The predicted molar refractivity (Wildman–Crippen MR) is 108 cm³/mol. The smallest absolute Gasteiger partial charge is 0.254 e. The zero-order chi connectivity index (χ0) is 18.9. The van der Waals surface area contributed by atoms with Gasteiger partial charge in [-0.15, -0.1) is 0 Å². The summed E-state index contributed by atoms with van der Waals surface area (Å²) in [6.45, 7) is 2.74. The van der Waals surface area contributed by atoms with E-state index in [-0.39, 0.29) is 11.9 Å². The zero-order valence-electron chi connectivity index (χ0n) is 15.4. The van der Waals surface area contributed by atoms with Gasteiger partial charge in [0.05, 0.1) is 11.2 Å². The number of benzene rings is 2. The molecule has 1 amide bonds. The second-order valence-corrected chi connectivity index (χ2v) is 7.12.